The van der Waals surface area contributed by atoms with Gasteiger partial charge in [-0.05, 0) is 31.4 Å². The summed E-state index contributed by atoms with van der Waals surface area (Å²) < 4.78 is 0. The molecule has 1 fully saturated rings. The van der Waals surface area contributed by atoms with Crippen LogP contribution < -0.4 is 5.32 Å². The number of hydrogen-bond donors (Lipinski definition) is 2. The Labute approximate surface area is 137 Å². The average molecular weight is 315 g/mol. The van der Waals surface area contributed by atoms with Crippen LogP contribution in [0.25, 0.3) is 11.0 Å². The van der Waals surface area contributed by atoms with Gasteiger partial charge in [0.2, 0.25) is 5.91 Å². The van der Waals surface area contributed by atoms with Crippen molar-refractivity contribution in [1.29, 1.82) is 0 Å². The third-order valence-corrected chi connectivity index (χ3v) is 4.70. The van der Waals surface area contributed by atoms with Gasteiger partial charge >= 0.3 is 0 Å². The SMILES string of the molecule is CCC[NH2+]CCC(=O)N1CCC(c2nc3ccccc3[nH]2)CC1. The summed E-state index contributed by atoms with van der Waals surface area (Å²) in [5.74, 6) is 1.83. The number of nitrogens with two attached hydrogens (primary N) is 1. The molecule has 5 heteroatoms. The maximum absolute atomic E-state index is 12.2. The third-order valence-electron chi connectivity index (χ3n) is 4.70. The quantitative estimate of drug-likeness (QED) is 0.796. The van der Waals surface area contributed by atoms with Gasteiger partial charge in [0, 0.05) is 19.0 Å². The first-order valence-electron chi connectivity index (χ1n) is 8.82. The molecule has 0 aliphatic carbocycles. The second kappa shape index (κ2) is 7.59. The molecule has 0 atom stereocenters. The molecule has 1 aliphatic rings. The summed E-state index contributed by atoms with van der Waals surface area (Å²) in [7, 11) is 0. The van der Waals surface area contributed by atoms with E-state index in [1.54, 1.807) is 0 Å². The van der Waals surface area contributed by atoms with Crippen molar-refractivity contribution in [3.8, 4) is 0 Å². The number of quaternary nitrogens is 1. The van der Waals surface area contributed by atoms with E-state index in [1.807, 2.05) is 23.1 Å². The highest BCUT2D eigenvalue weighted by atomic mass is 16.2. The van der Waals surface area contributed by atoms with Crippen molar-refractivity contribution in [1.82, 2.24) is 14.9 Å². The van der Waals surface area contributed by atoms with E-state index in [1.165, 1.54) is 0 Å². The third kappa shape index (κ3) is 3.91. The van der Waals surface area contributed by atoms with Crippen LogP contribution in [0.5, 0.6) is 0 Å². The number of nitrogens with one attached hydrogen (secondary N) is 1. The Morgan fingerprint density at radius 1 is 1.30 bits per heavy atom. The predicted molar refractivity (Wildman–Crippen MR) is 91.2 cm³/mol. The molecule has 1 saturated heterocycles. The van der Waals surface area contributed by atoms with Crippen molar-refractivity contribution in [3.05, 3.63) is 30.1 Å². The molecule has 0 spiro atoms. The molecule has 124 valence electrons. The lowest BCUT2D eigenvalue weighted by Crippen LogP contribution is -2.84. The monoisotopic (exact) mass is 315 g/mol. The van der Waals surface area contributed by atoms with E-state index in [9.17, 15) is 4.79 Å². The first-order valence-corrected chi connectivity index (χ1v) is 8.82. The number of aromatic amines is 1. The van der Waals surface area contributed by atoms with Gasteiger partial charge in [0.15, 0.2) is 0 Å². The van der Waals surface area contributed by atoms with E-state index in [0.29, 0.717) is 18.2 Å². The van der Waals surface area contributed by atoms with Crippen molar-refractivity contribution >= 4 is 16.9 Å². The molecular formula is C18H27N4O+. The van der Waals surface area contributed by atoms with Gasteiger partial charge in [-0.1, -0.05) is 19.1 Å². The van der Waals surface area contributed by atoms with Gasteiger partial charge in [-0.3, -0.25) is 4.79 Å². The number of amides is 1. The molecule has 3 rings (SSSR count). The average Bonchev–Trinajstić information content (AvgIpc) is 3.03. The zero-order chi connectivity index (χ0) is 16.1. The Hall–Kier alpha value is -1.88. The number of carbonyl (C=O) groups is 1. The Bertz CT molecular complexity index is 610. The lowest BCUT2D eigenvalue weighted by molar-refractivity contribution is -0.653. The Balaban J connectivity index is 1.50. The molecule has 0 saturated carbocycles. The van der Waals surface area contributed by atoms with Crippen LogP contribution in [0.4, 0.5) is 0 Å². The number of hydrogen-bond acceptors (Lipinski definition) is 2. The second-order valence-corrected chi connectivity index (χ2v) is 6.41. The van der Waals surface area contributed by atoms with Crippen molar-refractivity contribution in [2.24, 2.45) is 0 Å². The standard InChI is InChI=1S/C18H26N4O/c1-2-10-19-11-7-17(23)22-12-8-14(9-13-22)18-20-15-5-3-4-6-16(15)21-18/h3-6,14,19H,2,7-13H2,1H3,(H,20,21)/p+1. The van der Waals surface area contributed by atoms with Crippen LogP contribution in [0.15, 0.2) is 24.3 Å². The number of rotatable bonds is 6. The van der Waals surface area contributed by atoms with Crippen molar-refractivity contribution in [3.63, 3.8) is 0 Å². The number of para-hydroxylation sites is 2. The number of H-pyrrole nitrogens is 1. The molecule has 2 aromatic rings. The maximum Gasteiger partial charge on any atom is 0.228 e. The first kappa shape index (κ1) is 16.0. The van der Waals surface area contributed by atoms with Gasteiger partial charge in [-0.15, -0.1) is 0 Å². The molecule has 2 heterocycles. The number of likely N-dealkylation sites (tertiary alicyclic amines) is 1. The topological polar surface area (TPSA) is 65.6 Å². The number of aromatic nitrogens is 2. The summed E-state index contributed by atoms with van der Waals surface area (Å²) in [6.45, 7) is 5.90. The van der Waals surface area contributed by atoms with Gasteiger partial charge in [-0.2, -0.15) is 0 Å². The van der Waals surface area contributed by atoms with Gasteiger partial charge in [0.1, 0.15) is 5.82 Å². The second-order valence-electron chi connectivity index (χ2n) is 6.41. The minimum atomic E-state index is 0.306. The molecular weight excluding hydrogens is 288 g/mol. The smallest absolute Gasteiger partial charge is 0.228 e. The van der Waals surface area contributed by atoms with E-state index in [4.69, 9.17) is 4.98 Å². The highest BCUT2D eigenvalue weighted by molar-refractivity contribution is 5.76. The van der Waals surface area contributed by atoms with E-state index >= 15 is 0 Å². The molecule has 1 aliphatic heterocycles. The number of fused-ring (bicyclic) bond motifs is 1. The highest BCUT2D eigenvalue weighted by Gasteiger charge is 2.25. The highest BCUT2D eigenvalue weighted by Crippen LogP contribution is 2.27. The Morgan fingerprint density at radius 3 is 2.83 bits per heavy atom. The lowest BCUT2D eigenvalue weighted by atomic mass is 9.96. The minimum Gasteiger partial charge on any atom is -0.346 e. The fraction of sp³-hybridized carbons (Fsp3) is 0.556. The Kier molecular flexibility index (Phi) is 5.28. The molecule has 5 nitrogen and oxygen atoms in total. The zero-order valence-electron chi connectivity index (χ0n) is 13.9. The summed E-state index contributed by atoms with van der Waals surface area (Å²) in [5, 5.41) is 2.24. The maximum atomic E-state index is 12.2. The van der Waals surface area contributed by atoms with E-state index in [2.05, 4.69) is 23.3 Å². The fourth-order valence-electron chi connectivity index (χ4n) is 3.30. The van der Waals surface area contributed by atoms with Gasteiger partial charge in [0.05, 0.1) is 30.5 Å². The van der Waals surface area contributed by atoms with Gasteiger partial charge in [0.25, 0.3) is 0 Å². The number of imidazole rings is 1. The van der Waals surface area contributed by atoms with Crippen molar-refractivity contribution in [2.75, 3.05) is 26.2 Å². The van der Waals surface area contributed by atoms with Crippen LogP contribution in [0.2, 0.25) is 0 Å². The fourth-order valence-corrected chi connectivity index (χ4v) is 3.30. The summed E-state index contributed by atoms with van der Waals surface area (Å²) in [5.41, 5.74) is 2.14. The van der Waals surface area contributed by atoms with Crippen LogP contribution in [-0.4, -0.2) is 47.0 Å². The predicted octanol–water partition coefficient (Wildman–Crippen LogP) is 1.63. The zero-order valence-corrected chi connectivity index (χ0v) is 13.9. The molecule has 0 unspecified atom stereocenters. The van der Waals surface area contributed by atoms with E-state index in [-0.39, 0.29) is 0 Å². The van der Waals surface area contributed by atoms with Crippen LogP contribution >= 0.6 is 0 Å². The minimum absolute atomic E-state index is 0.306. The summed E-state index contributed by atoms with van der Waals surface area (Å²) in [6.07, 6.45) is 3.83. The van der Waals surface area contributed by atoms with Crippen LogP contribution in [0.3, 0.4) is 0 Å². The molecule has 3 N–H and O–H groups in total. The van der Waals surface area contributed by atoms with Crippen LogP contribution in [0.1, 0.15) is 44.3 Å². The van der Waals surface area contributed by atoms with Gasteiger partial charge in [-0.25, -0.2) is 4.98 Å². The summed E-state index contributed by atoms with van der Waals surface area (Å²) in [6, 6.07) is 8.16. The molecule has 1 aromatic heterocycles. The van der Waals surface area contributed by atoms with Gasteiger partial charge < -0.3 is 15.2 Å². The molecule has 1 aromatic carbocycles. The summed E-state index contributed by atoms with van der Waals surface area (Å²) in [4.78, 5) is 22.4. The van der Waals surface area contributed by atoms with E-state index < -0.39 is 0 Å². The lowest BCUT2D eigenvalue weighted by Gasteiger charge is -2.31. The molecule has 0 radical (unpaired) electrons. The number of carbonyl (C=O) groups excluding carboxylic acids is 1. The summed E-state index contributed by atoms with van der Waals surface area (Å²) >= 11 is 0. The normalized spacial score (nSPS) is 16.1. The van der Waals surface area contributed by atoms with E-state index in [0.717, 1.165) is 62.3 Å². The number of benzene rings is 1. The Morgan fingerprint density at radius 2 is 2.09 bits per heavy atom. The molecule has 0 bridgehead atoms. The van der Waals surface area contributed by atoms with Crippen molar-refractivity contribution in [2.45, 2.75) is 38.5 Å². The largest absolute Gasteiger partial charge is 0.346 e. The number of piperidine rings is 1. The van der Waals surface area contributed by atoms with Crippen molar-refractivity contribution < 1.29 is 10.1 Å². The van der Waals surface area contributed by atoms with Crippen LogP contribution in [-0.2, 0) is 4.79 Å². The molecule has 1 amide bonds. The number of nitrogens with zero attached hydrogens (tertiary/aromatic N) is 2. The molecule has 23 heavy (non-hydrogen) atoms. The van der Waals surface area contributed by atoms with Crippen LogP contribution in [0, 0.1) is 0 Å². The first-order chi connectivity index (χ1) is 11.3.